The minimum Gasteiger partial charge on any atom is -0.541 e. The molecule has 2 aromatic rings. The summed E-state index contributed by atoms with van der Waals surface area (Å²) in [6.07, 6.45) is 0. The van der Waals surface area contributed by atoms with Crippen LogP contribution in [0.25, 0.3) is 11.4 Å². The van der Waals surface area contributed by atoms with Crippen LogP contribution in [0.15, 0.2) is 0 Å². The summed E-state index contributed by atoms with van der Waals surface area (Å²) in [5.41, 5.74) is 10.6. The third kappa shape index (κ3) is 2.24. The van der Waals surface area contributed by atoms with Gasteiger partial charge in [-0.05, 0) is 0 Å². The minimum atomic E-state index is -1.67. The Morgan fingerprint density at radius 2 is 1.10 bits per heavy atom. The third-order valence-electron chi connectivity index (χ3n) is 2.02. The zero-order valence-electron chi connectivity index (χ0n) is 9.47. The number of carbonyl (C=O) groups is 2. The number of carboxylic acid groups (broad SMARTS) is 2. The molecule has 0 aromatic carbocycles. The van der Waals surface area contributed by atoms with Crippen LogP contribution in [0, 0.1) is 0 Å². The molecule has 12 nitrogen and oxygen atoms in total. The second-order valence-corrected chi connectivity index (χ2v) is 3.31. The second kappa shape index (κ2) is 4.68. The maximum Gasteiger partial charge on any atom is 0.199 e. The molecule has 0 aliphatic carbocycles. The van der Waals surface area contributed by atoms with E-state index in [4.69, 9.17) is 11.5 Å². The van der Waals surface area contributed by atoms with E-state index in [1.165, 1.54) is 0 Å². The number of carbonyl (C=O) groups excluding carboxylic acids is 2. The minimum absolute atomic E-state index is 0.197. The lowest BCUT2D eigenvalue weighted by atomic mass is 10.3. The van der Waals surface area contributed by atoms with E-state index in [1.54, 1.807) is 0 Å². The second-order valence-electron chi connectivity index (χ2n) is 3.31. The summed E-state index contributed by atoms with van der Waals surface area (Å²) in [7, 11) is 0. The summed E-state index contributed by atoms with van der Waals surface area (Å²) in [5, 5.41) is 34.4. The molecule has 0 unspecified atom stereocenters. The van der Waals surface area contributed by atoms with Crippen LogP contribution < -0.4 is 21.7 Å². The Kier molecular flexibility index (Phi) is 3.04. The van der Waals surface area contributed by atoms with Crippen molar-refractivity contribution in [2.45, 2.75) is 0 Å². The van der Waals surface area contributed by atoms with Crippen molar-refractivity contribution >= 4 is 23.6 Å². The first-order chi connectivity index (χ1) is 9.40. The van der Waals surface area contributed by atoms with E-state index >= 15 is 0 Å². The normalized spacial score (nSPS) is 10.2. The topological polar surface area (TPSA) is 210 Å². The van der Waals surface area contributed by atoms with Crippen LogP contribution >= 0.6 is 0 Å². The molecule has 2 aromatic heterocycles. The number of nitrogen functional groups attached to an aromatic ring is 2. The third-order valence-corrected chi connectivity index (χ3v) is 2.02. The predicted molar refractivity (Wildman–Crippen MR) is 56.1 cm³/mol. The van der Waals surface area contributed by atoms with Crippen molar-refractivity contribution in [3.63, 3.8) is 0 Å². The molecule has 0 bridgehead atoms. The Morgan fingerprint density at radius 3 is 1.35 bits per heavy atom. The average Bonchev–Trinajstić information content (AvgIpc) is 2.38. The smallest absolute Gasteiger partial charge is 0.199 e. The van der Waals surface area contributed by atoms with E-state index in [-0.39, 0.29) is 23.0 Å². The van der Waals surface area contributed by atoms with Gasteiger partial charge in [-0.1, -0.05) is 0 Å². The molecule has 4 N–H and O–H groups in total. The lowest BCUT2D eigenvalue weighted by Crippen LogP contribution is -2.27. The SMILES string of the molecule is Nc1nc(C(=O)[O-])nnc1-c1nnc(C(=O)[O-])nc1N. The van der Waals surface area contributed by atoms with Gasteiger partial charge in [-0.2, -0.15) is 0 Å². The molecular formula is C8H4N8O4-2. The van der Waals surface area contributed by atoms with Gasteiger partial charge in [0.05, 0.1) is 0 Å². The highest BCUT2D eigenvalue weighted by atomic mass is 16.4. The van der Waals surface area contributed by atoms with Crippen LogP contribution in [-0.2, 0) is 0 Å². The molecule has 2 heterocycles. The van der Waals surface area contributed by atoms with E-state index in [0.29, 0.717) is 0 Å². The number of rotatable bonds is 3. The van der Waals surface area contributed by atoms with E-state index in [9.17, 15) is 19.8 Å². The predicted octanol–water partition coefficient (Wildman–Crippen LogP) is -4.39. The molecule has 0 radical (unpaired) electrons. The number of nitrogens with two attached hydrogens (primary N) is 2. The molecule has 0 aliphatic heterocycles. The highest BCUT2D eigenvalue weighted by molar-refractivity contribution is 5.84. The first kappa shape index (κ1) is 13.0. The standard InChI is InChI=1S/C8H6N8O4/c9-3-1(13-15-5(11-3)7(17)18)2-4(10)12-6(8(19)20)16-14-2/h(H,17,18)(H,19,20)(H2,9,11,15)(H2,10,12,16)/p-2. The van der Waals surface area contributed by atoms with Gasteiger partial charge in [0.25, 0.3) is 0 Å². The van der Waals surface area contributed by atoms with Crippen LogP contribution in [-0.4, -0.2) is 42.3 Å². The van der Waals surface area contributed by atoms with Gasteiger partial charge in [0.1, 0.15) is 11.9 Å². The Balaban J connectivity index is 2.52. The monoisotopic (exact) mass is 276 g/mol. The molecule has 0 saturated carbocycles. The fourth-order valence-electron chi connectivity index (χ4n) is 1.19. The molecule has 0 amide bonds. The van der Waals surface area contributed by atoms with Crippen LogP contribution in [0.1, 0.15) is 21.2 Å². The highest BCUT2D eigenvalue weighted by Gasteiger charge is 2.16. The van der Waals surface area contributed by atoms with Crippen molar-refractivity contribution in [3.05, 3.63) is 11.6 Å². The summed E-state index contributed by atoms with van der Waals surface area (Å²) in [4.78, 5) is 27.9. The number of aromatic carboxylic acids is 2. The van der Waals surface area contributed by atoms with Gasteiger partial charge in [-0.3, -0.25) is 0 Å². The van der Waals surface area contributed by atoms with Gasteiger partial charge in [0.15, 0.2) is 34.7 Å². The molecule has 0 spiro atoms. The Morgan fingerprint density at radius 1 is 0.750 bits per heavy atom. The fourth-order valence-corrected chi connectivity index (χ4v) is 1.19. The molecule has 12 heteroatoms. The number of anilines is 2. The molecule has 2 rings (SSSR count). The maximum atomic E-state index is 10.5. The molecular weight excluding hydrogens is 272 g/mol. The Hall–Kier alpha value is -3.44. The van der Waals surface area contributed by atoms with Crippen molar-refractivity contribution in [2.24, 2.45) is 0 Å². The molecule has 0 saturated heterocycles. The number of hydrogen-bond acceptors (Lipinski definition) is 12. The number of hydrogen-bond donors (Lipinski definition) is 2. The first-order valence-corrected chi connectivity index (χ1v) is 4.83. The maximum absolute atomic E-state index is 10.5. The van der Waals surface area contributed by atoms with E-state index in [2.05, 4.69) is 30.4 Å². The highest BCUT2D eigenvalue weighted by Crippen LogP contribution is 2.22. The van der Waals surface area contributed by atoms with Crippen LogP contribution in [0.4, 0.5) is 11.6 Å². The quantitative estimate of drug-likeness (QED) is 0.544. The Bertz CT molecular complexity index is 656. The Labute approximate surface area is 109 Å². The van der Waals surface area contributed by atoms with Crippen LogP contribution in [0.5, 0.6) is 0 Å². The van der Waals surface area contributed by atoms with Crippen molar-refractivity contribution < 1.29 is 19.8 Å². The zero-order valence-corrected chi connectivity index (χ0v) is 9.47. The largest absolute Gasteiger partial charge is 0.541 e. The molecule has 0 atom stereocenters. The van der Waals surface area contributed by atoms with Gasteiger partial charge in [0.2, 0.25) is 0 Å². The first-order valence-electron chi connectivity index (χ1n) is 4.83. The van der Waals surface area contributed by atoms with Gasteiger partial charge >= 0.3 is 0 Å². The number of aromatic nitrogens is 6. The lowest BCUT2D eigenvalue weighted by Gasteiger charge is -2.07. The fraction of sp³-hybridized carbons (Fsp3) is 0. The van der Waals surface area contributed by atoms with Crippen molar-refractivity contribution in [1.82, 2.24) is 30.4 Å². The lowest BCUT2D eigenvalue weighted by molar-refractivity contribution is -0.257. The summed E-state index contributed by atoms with van der Waals surface area (Å²) in [5.74, 6) is -5.50. The van der Waals surface area contributed by atoms with Crippen LogP contribution in [0.3, 0.4) is 0 Å². The molecule has 0 fully saturated rings. The van der Waals surface area contributed by atoms with Crippen molar-refractivity contribution in [1.29, 1.82) is 0 Å². The van der Waals surface area contributed by atoms with Gasteiger partial charge in [-0.25, -0.2) is 9.97 Å². The van der Waals surface area contributed by atoms with E-state index in [0.717, 1.165) is 0 Å². The van der Waals surface area contributed by atoms with E-state index in [1.807, 2.05) is 0 Å². The van der Waals surface area contributed by atoms with Crippen LogP contribution in [0.2, 0.25) is 0 Å². The van der Waals surface area contributed by atoms with Crippen molar-refractivity contribution in [3.8, 4) is 11.4 Å². The van der Waals surface area contributed by atoms with Gasteiger partial charge in [0, 0.05) is 0 Å². The average molecular weight is 276 g/mol. The van der Waals surface area contributed by atoms with E-state index < -0.39 is 23.6 Å². The summed E-state index contributed by atoms with van der Waals surface area (Å²) in [6.45, 7) is 0. The summed E-state index contributed by atoms with van der Waals surface area (Å²) in [6, 6.07) is 0. The van der Waals surface area contributed by atoms with Crippen molar-refractivity contribution in [2.75, 3.05) is 11.5 Å². The molecule has 20 heavy (non-hydrogen) atoms. The molecule has 102 valence electrons. The van der Waals surface area contributed by atoms with Gasteiger partial charge in [-0.15, -0.1) is 20.4 Å². The summed E-state index contributed by atoms with van der Waals surface area (Å²) >= 11 is 0. The summed E-state index contributed by atoms with van der Waals surface area (Å²) < 4.78 is 0. The zero-order chi connectivity index (χ0) is 14.9. The van der Waals surface area contributed by atoms with Gasteiger partial charge < -0.3 is 31.3 Å². The number of carboxylic acids is 2. The molecule has 0 aliphatic rings. The number of nitrogens with zero attached hydrogens (tertiary/aromatic N) is 6.